The van der Waals surface area contributed by atoms with Crippen LogP contribution in [-0.2, 0) is 22.4 Å². The second kappa shape index (κ2) is 10.5. The van der Waals surface area contributed by atoms with Crippen LogP contribution in [0.15, 0.2) is 43.0 Å². The van der Waals surface area contributed by atoms with Gasteiger partial charge in [-0.2, -0.15) is 0 Å². The van der Waals surface area contributed by atoms with Gasteiger partial charge in [-0.3, -0.25) is 4.79 Å². The Morgan fingerprint density at radius 3 is 2.75 bits per heavy atom. The molecule has 0 saturated carbocycles. The Morgan fingerprint density at radius 2 is 2.06 bits per heavy atom. The van der Waals surface area contributed by atoms with Gasteiger partial charge in [-0.05, 0) is 73.2 Å². The molecule has 3 rings (SSSR count). The first-order valence-electron chi connectivity index (χ1n) is 10.3. The molecule has 0 spiro atoms. The first-order valence-corrected chi connectivity index (χ1v) is 10.7. The van der Waals surface area contributed by atoms with E-state index < -0.39 is 12.2 Å². The van der Waals surface area contributed by atoms with Crippen LogP contribution in [0.5, 0.6) is 11.5 Å². The van der Waals surface area contributed by atoms with Crippen LogP contribution < -0.4 is 20.1 Å². The molecule has 32 heavy (non-hydrogen) atoms. The van der Waals surface area contributed by atoms with Crippen LogP contribution in [0.3, 0.4) is 0 Å². The molecule has 8 heteroatoms. The molecule has 170 valence electrons. The Morgan fingerprint density at radius 1 is 1.28 bits per heavy atom. The predicted molar refractivity (Wildman–Crippen MR) is 124 cm³/mol. The van der Waals surface area contributed by atoms with Gasteiger partial charge in [0, 0.05) is 17.3 Å². The minimum Gasteiger partial charge on any atom is -0.497 e. The Bertz CT molecular complexity index is 1000. The third-order valence-electron chi connectivity index (χ3n) is 5.32. The highest BCUT2D eigenvalue weighted by Gasteiger charge is 2.28. The maximum absolute atomic E-state index is 13.2. The fraction of sp³-hybridized carbons (Fsp3) is 0.333. The van der Waals surface area contributed by atoms with E-state index in [1.54, 1.807) is 18.1 Å². The summed E-state index contributed by atoms with van der Waals surface area (Å²) in [6.07, 6.45) is 2.59. The van der Waals surface area contributed by atoms with Gasteiger partial charge in [0.15, 0.2) is 0 Å². The minimum atomic E-state index is -0.847. The molecular weight excluding hydrogens is 432 g/mol. The van der Waals surface area contributed by atoms with Crippen molar-refractivity contribution in [1.82, 2.24) is 0 Å². The molecule has 2 aromatic rings. The smallest absolute Gasteiger partial charge is 0.497 e. The van der Waals surface area contributed by atoms with Crippen LogP contribution in [0.25, 0.3) is 0 Å². The molecule has 1 heterocycles. The summed E-state index contributed by atoms with van der Waals surface area (Å²) < 4.78 is 15.2. The van der Waals surface area contributed by atoms with Crippen molar-refractivity contribution >= 4 is 29.4 Å². The number of rotatable bonds is 7. The van der Waals surface area contributed by atoms with Crippen molar-refractivity contribution in [2.45, 2.75) is 32.2 Å². The molecule has 7 nitrogen and oxygen atoms in total. The molecule has 1 aliphatic heterocycles. The summed E-state index contributed by atoms with van der Waals surface area (Å²) in [5.74, 6) is 0.851. The Balaban J connectivity index is 1.73. The molecule has 0 fully saturated rings. The normalized spacial score (nSPS) is 13.7. The molecule has 0 radical (unpaired) electrons. The average Bonchev–Trinajstić information content (AvgIpc) is 2.78. The van der Waals surface area contributed by atoms with Crippen LogP contribution >= 0.6 is 11.6 Å². The molecule has 0 aliphatic carbocycles. The fourth-order valence-corrected chi connectivity index (χ4v) is 4.08. The zero-order chi connectivity index (χ0) is 23.3. The molecule has 1 atom stereocenters. The van der Waals surface area contributed by atoms with Crippen LogP contribution in [-0.4, -0.2) is 38.4 Å². The minimum absolute atomic E-state index is 0.0486. The summed E-state index contributed by atoms with van der Waals surface area (Å²) >= 11 is 6.43. The van der Waals surface area contributed by atoms with Gasteiger partial charge < -0.3 is 24.8 Å². The van der Waals surface area contributed by atoms with Gasteiger partial charge in [-0.15, -0.1) is 0 Å². The molecule has 1 amide bonds. The van der Waals surface area contributed by atoms with E-state index in [2.05, 4.69) is 6.58 Å². The second-order valence-corrected chi connectivity index (χ2v) is 7.96. The third kappa shape index (κ3) is 5.41. The number of halogens is 1. The highest BCUT2D eigenvalue weighted by Crippen LogP contribution is 2.32. The van der Waals surface area contributed by atoms with E-state index in [9.17, 15) is 9.59 Å². The lowest BCUT2D eigenvalue weighted by atomic mass is 9.97. The zero-order valence-electron chi connectivity index (χ0n) is 18.2. The number of aryl methyl sites for hydroxylation is 2. The number of carbonyl (C=O) groups is 2. The van der Waals surface area contributed by atoms with Crippen molar-refractivity contribution in [3.8, 4) is 11.5 Å². The van der Waals surface area contributed by atoms with E-state index in [1.807, 2.05) is 25.1 Å². The zero-order valence-corrected chi connectivity index (χ0v) is 19.0. The summed E-state index contributed by atoms with van der Waals surface area (Å²) in [5.41, 5.74) is 9.73. The number of amides is 1. The second-order valence-electron chi connectivity index (χ2n) is 7.55. The summed E-state index contributed by atoms with van der Waals surface area (Å²) in [7, 11) is 1.62. The van der Waals surface area contributed by atoms with Crippen LogP contribution in [0.1, 0.15) is 23.1 Å². The van der Waals surface area contributed by atoms with E-state index in [1.165, 1.54) is 12.1 Å². The molecule has 2 aromatic carbocycles. The van der Waals surface area contributed by atoms with Gasteiger partial charge in [0.1, 0.15) is 18.1 Å². The van der Waals surface area contributed by atoms with Crippen molar-refractivity contribution in [2.75, 3.05) is 25.2 Å². The third-order valence-corrected chi connectivity index (χ3v) is 5.66. The number of nitrogens with zero attached hydrogens (tertiary/aromatic N) is 1. The molecule has 1 aliphatic rings. The van der Waals surface area contributed by atoms with Gasteiger partial charge in [0.25, 0.3) is 0 Å². The van der Waals surface area contributed by atoms with Gasteiger partial charge in [-0.25, -0.2) is 4.79 Å². The largest absolute Gasteiger partial charge is 0.514 e. The summed E-state index contributed by atoms with van der Waals surface area (Å²) in [4.78, 5) is 26.6. The topological polar surface area (TPSA) is 91.1 Å². The monoisotopic (exact) mass is 458 g/mol. The van der Waals surface area contributed by atoms with E-state index in [-0.39, 0.29) is 24.7 Å². The van der Waals surface area contributed by atoms with Crippen LogP contribution in [0.2, 0.25) is 5.02 Å². The van der Waals surface area contributed by atoms with E-state index >= 15 is 0 Å². The van der Waals surface area contributed by atoms with Crippen LogP contribution in [0, 0.1) is 6.92 Å². The SMILES string of the molecule is C=CCOC(=O)Oc1cc(C)c(C[C@@H](N)C(=O)N2CCCc3cc(OC)ccc32)c(Cl)c1. The Labute approximate surface area is 192 Å². The summed E-state index contributed by atoms with van der Waals surface area (Å²) in [5, 5.41) is 0.364. The standard InChI is InChI=1S/C24H27ClN2O5/c1-4-10-31-24(29)32-18-11-15(2)19(20(25)13-18)14-21(26)23(28)27-9-5-6-16-12-17(30-3)7-8-22(16)27/h4,7-8,11-13,21H,1,5-6,9-10,14,26H2,2-3H3/t21-/m1/s1. The Kier molecular flexibility index (Phi) is 7.77. The van der Waals surface area contributed by atoms with E-state index in [4.69, 9.17) is 31.5 Å². The first kappa shape index (κ1) is 23.6. The van der Waals surface area contributed by atoms with Crippen molar-refractivity contribution in [1.29, 1.82) is 0 Å². The quantitative estimate of drug-likeness (QED) is 0.379. The highest BCUT2D eigenvalue weighted by atomic mass is 35.5. The molecule has 0 saturated heterocycles. The van der Waals surface area contributed by atoms with Gasteiger partial charge in [0.05, 0.1) is 13.2 Å². The number of fused-ring (bicyclic) bond motifs is 1. The molecule has 0 unspecified atom stereocenters. The molecule has 0 bridgehead atoms. The van der Waals surface area contributed by atoms with Crippen molar-refractivity contribution in [2.24, 2.45) is 5.73 Å². The van der Waals surface area contributed by atoms with E-state index in [0.29, 0.717) is 11.6 Å². The van der Waals surface area contributed by atoms with Gasteiger partial charge in [0.2, 0.25) is 5.91 Å². The van der Waals surface area contributed by atoms with Crippen molar-refractivity contribution < 1.29 is 23.8 Å². The van der Waals surface area contributed by atoms with Crippen molar-refractivity contribution in [3.05, 3.63) is 64.7 Å². The number of anilines is 1. The van der Waals surface area contributed by atoms with Crippen LogP contribution in [0.4, 0.5) is 10.5 Å². The predicted octanol–water partition coefficient (Wildman–Crippen LogP) is 4.21. The fourth-order valence-electron chi connectivity index (χ4n) is 3.75. The summed E-state index contributed by atoms with van der Waals surface area (Å²) in [6, 6.07) is 8.10. The maximum Gasteiger partial charge on any atom is 0.514 e. The molecular formula is C24H27ClN2O5. The van der Waals surface area contributed by atoms with Gasteiger partial charge in [-0.1, -0.05) is 24.3 Å². The first-order chi connectivity index (χ1) is 15.3. The lowest BCUT2D eigenvalue weighted by Gasteiger charge is -2.32. The lowest BCUT2D eigenvalue weighted by molar-refractivity contribution is -0.119. The number of carbonyl (C=O) groups excluding carboxylic acids is 2. The highest BCUT2D eigenvalue weighted by molar-refractivity contribution is 6.31. The van der Waals surface area contributed by atoms with E-state index in [0.717, 1.165) is 41.0 Å². The average molecular weight is 459 g/mol. The number of hydrogen-bond acceptors (Lipinski definition) is 6. The number of benzene rings is 2. The van der Waals surface area contributed by atoms with Gasteiger partial charge >= 0.3 is 6.16 Å². The summed E-state index contributed by atoms with van der Waals surface area (Å²) in [6.45, 7) is 5.95. The maximum atomic E-state index is 13.2. The Hall–Kier alpha value is -3.03. The van der Waals surface area contributed by atoms with Crippen molar-refractivity contribution in [3.63, 3.8) is 0 Å². The number of methoxy groups -OCH3 is 1. The lowest BCUT2D eigenvalue weighted by Crippen LogP contribution is -2.47. The molecule has 0 aromatic heterocycles. The molecule has 2 N–H and O–H groups in total. The number of nitrogens with two attached hydrogens (primary N) is 1. The number of ether oxygens (including phenoxy) is 3. The number of hydrogen-bond donors (Lipinski definition) is 1.